The van der Waals surface area contributed by atoms with Crippen molar-refractivity contribution in [2.45, 2.75) is 25.5 Å². The van der Waals surface area contributed by atoms with E-state index in [1.807, 2.05) is 18.2 Å². The molecule has 0 aliphatic carbocycles. The van der Waals surface area contributed by atoms with Gasteiger partial charge in [-0.2, -0.15) is 0 Å². The molecule has 1 aliphatic heterocycles. The number of halogens is 1. The van der Waals surface area contributed by atoms with Crippen LogP contribution in [0.3, 0.4) is 0 Å². The van der Waals surface area contributed by atoms with Gasteiger partial charge in [-0.1, -0.05) is 41.6 Å². The number of nitrogens with one attached hydrogen (secondary N) is 1. The fourth-order valence-corrected chi connectivity index (χ4v) is 3.10. The Hall–Kier alpha value is -3.22. The summed E-state index contributed by atoms with van der Waals surface area (Å²) in [6, 6.07) is 14.4. The number of carbonyl (C=O) groups is 1. The largest absolute Gasteiger partial charge is 0.488 e. The third-order valence-electron chi connectivity index (χ3n) is 4.55. The molecule has 6 nitrogen and oxygen atoms in total. The smallest absolute Gasteiger partial charge is 0.273 e. The van der Waals surface area contributed by atoms with Crippen molar-refractivity contribution >= 4 is 5.91 Å². The second kappa shape index (κ2) is 7.57. The molecular formula is C20H19FN4O2. The highest BCUT2D eigenvalue weighted by atomic mass is 19.1. The number of rotatable bonds is 5. The van der Waals surface area contributed by atoms with Crippen LogP contribution in [0.25, 0.3) is 0 Å². The average Bonchev–Trinajstić information content (AvgIpc) is 3.16. The van der Waals surface area contributed by atoms with E-state index < -0.39 is 0 Å². The van der Waals surface area contributed by atoms with E-state index in [4.69, 9.17) is 4.74 Å². The van der Waals surface area contributed by atoms with Crippen molar-refractivity contribution < 1.29 is 13.9 Å². The first-order valence-electron chi connectivity index (χ1n) is 8.85. The summed E-state index contributed by atoms with van der Waals surface area (Å²) in [6.07, 6.45) is 3.21. The summed E-state index contributed by atoms with van der Waals surface area (Å²) in [7, 11) is 0. The number of aromatic nitrogens is 3. The molecule has 1 amide bonds. The van der Waals surface area contributed by atoms with Crippen LogP contribution in [0.1, 0.15) is 28.0 Å². The van der Waals surface area contributed by atoms with Crippen LogP contribution in [0.4, 0.5) is 4.39 Å². The topological polar surface area (TPSA) is 69.0 Å². The Kier molecular flexibility index (Phi) is 4.82. The maximum atomic E-state index is 13.7. The number of hydrogen-bond donors (Lipinski definition) is 1. The van der Waals surface area contributed by atoms with Gasteiger partial charge in [0.15, 0.2) is 5.69 Å². The number of hydrogen-bond acceptors (Lipinski definition) is 4. The molecule has 1 N–H and O–H groups in total. The SMILES string of the molecule is O=C(NC[C@H]1CCc2ccccc2O1)c1cn(Cc2ccccc2F)nn1. The van der Waals surface area contributed by atoms with E-state index >= 15 is 0 Å². The fraction of sp³-hybridized carbons (Fsp3) is 0.250. The quantitative estimate of drug-likeness (QED) is 0.754. The molecule has 0 radical (unpaired) electrons. The number of carbonyl (C=O) groups excluding carboxylic acids is 1. The predicted octanol–water partition coefficient (Wildman–Crippen LogP) is 2.59. The van der Waals surface area contributed by atoms with Crippen molar-refractivity contribution in [3.05, 3.63) is 77.4 Å². The maximum Gasteiger partial charge on any atom is 0.273 e. The molecule has 7 heteroatoms. The van der Waals surface area contributed by atoms with Crippen LogP contribution in [-0.4, -0.2) is 33.5 Å². The van der Waals surface area contributed by atoms with Crippen molar-refractivity contribution in [3.63, 3.8) is 0 Å². The zero-order valence-corrected chi connectivity index (χ0v) is 14.6. The van der Waals surface area contributed by atoms with Gasteiger partial charge in [0.2, 0.25) is 0 Å². The molecule has 1 aliphatic rings. The Labute approximate surface area is 156 Å². The van der Waals surface area contributed by atoms with Gasteiger partial charge in [-0.05, 0) is 30.5 Å². The molecule has 2 aromatic carbocycles. The number of aryl methyl sites for hydroxylation is 1. The van der Waals surface area contributed by atoms with E-state index in [1.165, 1.54) is 22.5 Å². The van der Waals surface area contributed by atoms with E-state index in [2.05, 4.69) is 21.7 Å². The summed E-state index contributed by atoms with van der Waals surface area (Å²) < 4.78 is 21.1. The molecule has 0 bridgehead atoms. The minimum atomic E-state index is -0.322. The molecule has 27 heavy (non-hydrogen) atoms. The Morgan fingerprint density at radius 3 is 2.93 bits per heavy atom. The number of amides is 1. The number of fused-ring (bicyclic) bond motifs is 1. The van der Waals surface area contributed by atoms with E-state index in [-0.39, 0.29) is 30.1 Å². The van der Waals surface area contributed by atoms with E-state index in [1.54, 1.807) is 18.2 Å². The summed E-state index contributed by atoms with van der Waals surface area (Å²) >= 11 is 0. The standard InChI is InChI=1S/C20H19FN4O2/c21-17-7-3-1-6-15(17)12-25-13-18(23-24-25)20(26)22-11-16-10-9-14-5-2-4-8-19(14)27-16/h1-8,13,16H,9-12H2,(H,22,26)/t16-/m1/s1. The number of nitrogens with zero attached hydrogens (tertiary/aromatic N) is 3. The van der Waals surface area contributed by atoms with Crippen molar-refractivity contribution in [3.8, 4) is 5.75 Å². The van der Waals surface area contributed by atoms with Crippen LogP contribution in [0.15, 0.2) is 54.7 Å². The van der Waals surface area contributed by atoms with Gasteiger partial charge in [-0.15, -0.1) is 5.10 Å². The second-order valence-corrected chi connectivity index (χ2v) is 6.49. The predicted molar refractivity (Wildman–Crippen MR) is 97.0 cm³/mol. The van der Waals surface area contributed by atoms with Gasteiger partial charge in [0.25, 0.3) is 5.91 Å². The molecule has 4 rings (SSSR count). The van der Waals surface area contributed by atoms with Crippen LogP contribution < -0.4 is 10.1 Å². The highest BCUT2D eigenvalue weighted by molar-refractivity contribution is 5.91. The molecule has 1 aromatic heterocycles. The Bertz CT molecular complexity index is 956. The highest BCUT2D eigenvalue weighted by Crippen LogP contribution is 2.26. The molecular weight excluding hydrogens is 347 g/mol. The lowest BCUT2D eigenvalue weighted by Gasteiger charge is -2.26. The molecule has 0 saturated carbocycles. The molecule has 0 saturated heterocycles. The van der Waals surface area contributed by atoms with Crippen molar-refractivity contribution in [1.29, 1.82) is 0 Å². The number of benzene rings is 2. The molecule has 138 valence electrons. The van der Waals surface area contributed by atoms with Gasteiger partial charge in [0.1, 0.15) is 17.7 Å². The Morgan fingerprint density at radius 1 is 1.22 bits per heavy atom. The lowest BCUT2D eigenvalue weighted by atomic mass is 10.0. The maximum absolute atomic E-state index is 13.7. The van der Waals surface area contributed by atoms with Crippen LogP contribution in [-0.2, 0) is 13.0 Å². The first-order chi connectivity index (χ1) is 13.2. The first-order valence-corrected chi connectivity index (χ1v) is 8.85. The highest BCUT2D eigenvalue weighted by Gasteiger charge is 2.20. The molecule has 0 unspecified atom stereocenters. The number of ether oxygens (including phenoxy) is 1. The van der Waals surface area contributed by atoms with Crippen LogP contribution in [0.2, 0.25) is 0 Å². The van der Waals surface area contributed by atoms with Crippen molar-refractivity contribution in [2.24, 2.45) is 0 Å². The monoisotopic (exact) mass is 366 g/mol. The van der Waals surface area contributed by atoms with E-state index in [9.17, 15) is 9.18 Å². The lowest BCUT2D eigenvalue weighted by Crippen LogP contribution is -2.37. The summed E-state index contributed by atoms with van der Waals surface area (Å²) in [4.78, 5) is 12.3. The summed E-state index contributed by atoms with van der Waals surface area (Å²) in [5.74, 6) is 0.241. The van der Waals surface area contributed by atoms with E-state index in [0.717, 1.165) is 18.6 Å². The van der Waals surface area contributed by atoms with Crippen molar-refractivity contribution in [2.75, 3.05) is 6.54 Å². The zero-order valence-electron chi connectivity index (χ0n) is 14.6. The lowest BCUT2D eigenvalue weighted by molar-refractivity contribution is 0.0913. The summed E-state index contributed by atoms with van der Waals surface area (Å²) in [6.45, 7) is 0.614. The molecule has 0 fully saturated rings. The normalized spacial score (nSPS) is 15.7. The van der Waals surface area contributed by atoms with Gasteiger partial charge in [-0.3, -0.25) is 4.79 Å². The van der Waals surface area contributed by atoms with Crippen molar-refractivity contribution in [1.82, 2.24) is 20.3 Å². The molecule has 3 aromatic rings. The Balaban J connectivity index is 1.33. The third kappa shape index (κ3) is 3.97. The van der Waals surface area contributed by atoms with Gasteiger partial charge < -0.3 is 10.1 Å². The minimum Gasteiger partial charge on any atom is -0.488 e. The second-order valence-electron chi connectivity index (χ2n) is 6.49. The molecule has 1 atom stereocenters. The third-order valence-corrected chi connectivity index (χ3v) is 4.55. The summed E-state index contributed by atoms with van der Waals surface area (Å²) in [5, 5.41) is 10.6. The summed E-state index contributed by atoms with van der Waals surface area (Å²) in [5.41, 5.74) is 1.88. The molecule has 0 spiro atoms. The van der Waals surface area contributed by atoms with Gasteiger partial charge in [-0.25, -0.2) is 9.07 Å². The van der Waals surface area contributed by atoms with Crippen LogP contribution >= 0.6 is 0 Å². The fourth-order valence-electron chi connectivity index (χ4n) is 3.10. The van der Waals surface area contributed by atoms with Crippen LogP contribution in [0, 0.1) is 5.82 Å². The molecule has 2 heterocycles. The van der Waals surface area contributed by atoms with Gasteiger partial charge in [0.05, 0.1) is 19.3 Å². The van der Waals surface area contributed by atoms with Crippen LogP contribution in [0.5, 0.6) is 5.75 Å². The van der Waals surface area contributed by atoms with Gasteiger partial charge >= 0.3 is 0 Å². The van der Waals surface area contributed by atoms with Gasteiger partial charge in [0, 0.05) is 5.56 Å². The first kappa shape index (κ1) is 17.2. The Morgan fingerprint density at radius 2 is 2.04 bits per heavy atom. The number of para-hydroxylation sites is 1. The minimum absolute atomic E-state index is 0.0719. The van der Waals surface area contributed by atoms with E-state index in [0.29, 0.717) is 12.1 Å². The average molecular weight is 366 g/mol. The zero-order chi connectivity index (χ0) is 18.6.